The van der Waals surface area contributed by atoms with Crippen LogP contribution < -0.4 is 9.47 Å². The number of halogens is 1. The number of carbonyl (C=O) groups excluding carboxylic acids is 1. The fraction of sp³-hybridized carbons (Fsp3) is 0.312. The molecule has 0 saturated carbocycles. The van der Waals surface area contributed by atoms with Crippen LogP contribution in [0.4, 0.5) is 0 Å². The summed E-state index contributed by atoms with van der Waals surface area (Å²) < 4.78 is 11.7. The predicted octanol–water partition coefficient (Wildman–Crippen LogP) is 2.54. The first-order valence-electron chi connectivity index (χ1n) is 7.25. The minimum atomic E-state index is -0.0721. The molecule has 1 unspecified atom stereocenters. The Morgan fingerprint density at radius 3 is 2.52 bits per heavy atom. The monoisotopic (exact) mass is 377 g/mol. The van der Waals surface area contributed by atoms with E-state index in [1.165, 1.54) is 7.11 Å². The van der Waals surface area contributed by atoms with Gasteiger partial charge in [-0.1, -0.05) is 15.9 Å². The van der Waals surface area contributed by atoms with Crippen molar-refractivity contribution in [1.29, 1.82) is 0 Å². The van der Waals surface area contributed by atoms with Gasteiger partial charge in [-0.05, 0) is 24.3 Å². The van der Waals surface area contributed by atoms with Crippen molar-refractivity contribution < 1.29 is 14.3 Å². The number of methoxy groups -OCH3 is 1. The number of carbonyl (C=O) groups is 1. The van der Waals surface area contributed by atoms with E-state index in [0.717, 1.165) is 10.9 Å². The first kappa shape index (κ1) is 15.7. The van der Waals surface area contributed by atoms with E-state index in [9.17, 15) is 4.79 Å². The zero-order chi connectivity index (χ0) is 16.2. The molecule has 1 fully saturated rings. The lowest BCUT2D eigenvalue weighted by Gasteiger charge is -2.17. The van der Waals surface area contributed by atoms with E-state index in [-0.39, 0.29) is 12.0 Å². The summed E-state index contributed by atoms with van der Waals surface area (Å²) in [5.74, 6) is 0.897. The Balaban J connectivity index is 1.59. The van der Waals surface area contributed by atoms with Gasteiger partial charge < -0.3 is 14.4 Å². The Morgan fingerprint density at radius 1 is 1.17 bits per heavy atom. The smallest absolute Gasteiger partial charge is 0.253 e. The van der Waals surface area contributed by atoms with Crippen LogP contribution in [0.1, 0.15) is 16.8 Å². The van der Waals surface area contributed by atoms with Crippen LogP contribution in [0.25, 0.3) is 0 Å². The van der Waals surface area contributed by atoms with Gasteiger partial charge in [-0.25, -0.2) is 0 Å². The van der Waals surface area contributed by atoms with Crippen LogP contribution in [0, 0.1) is 0 Å². The van der Waals surface area contributed by atoms with Crippen LogP contribution in [0.15, 0.2) is 40.9 Å². The van der Waals surface area contributed by atoms with Crippen molar-refractivity contribution in [2.75, 3.05) is 20.2 Å². The number of nitrogens with zero attached hydrogens (tertiary/aromatic N) is 3. The largest absolute Gasteiger partial charge is 0.480 e. The third-order valence-corrected chi connectivity index (χ3v) is 4.16. The van der Waals surface area contributed by atoms with Gasteiger partial charge in [0.15, 0.2) is 0 Å². The molecule has 7 heteroatoms. The standard InChI is InChI=1S/C16H16BrN3O3/c1-22-14-6-7-15(19-18-14)23-13-8-9-20(10-13)16(21)11-2-4-12(17)5-3-11/h2-7,13H,8-10H2,1H3. The van der Waals surface area contributed by atoms with Crippen LogP contribution in [0.3, 0.4) is 0 Å². The SMILES string of the molecule is COc1ccc(OC2CCN(C(=O)c3ccc(Br)cc3)C2)nn1. The van der Waals surface area contributed by atoms with E-state index in [0.29, 0.717) is 30.4 Å². The minimum Gasteiger partial charge on any atom is -0.480 e. The normalized spacial score (nSPS) is 17.1. The van der Waals surface area contributed by atoms with Crippen LogP contribution in [0.2, 0.25) is 0 Å². The van der Waals surface area contributed by atoms with Gasteiger partial charge in [0.1, 0.15) is 6.10 Å². The van der Waals surface area contributed by atoms with Crippen molar-refractivity contribution in [3.05, 3.63) is 46.4 Å². The average molecular weight is 378 g/mol. The minimum absolute atomic E-state index is 0.0180. The van der Waals surface area contributed by atoms with Crippen molar-refractivity contribution in [3.8, 4) is 11.8 Å². The van der Waals surface area contributed by atoms with Crippen LogP contribution in [-0.2, 0) is 0 Å². The van der Waals surface area contributed by atoms with Gasteiger partial charge in [0.2, 0.25) is 11.8 Å². The summed E-state index contributed by atoms with van der Waals surface area (Å²) in [6.45, 7) is 1.21. The van der Waals surface area contributed by atoms with Gasteiger partial charge in [-0.2, -0.15) is 0 Å². The van der Waals surface area contributed by atoms with Crippen molar-refractivity contribution in [3.63, 3.8) is 0 Å². The van der Waals surface area contributed by atoms with Crippen LogP contribution in [0.5, 0.6) is 11.8 Å². The number of ether oxygens (including phenoxy) is 2. The topological polar surface area (TPSA) is 64.6 Å². The van der Waals surface area contributed by atoms with E-state index < -0.39 is 0 Å². The van der Waals surface area contributed by atoms with Crippen LogP contribution >= 0.6 is 15.9 Å². The van der Waals surface area contributed by atoms with Gasteiger partial charge in [0, 0.05) is 35.1 Å². The second-order valence-corrected chi connectivity index (χ2v) is 6.12. The number of hydrogen-bond acceptors (Lipinski definition) is 5. The molecule has 1 aromatic heterocycles. The number of benzene rings is 1. The van der Waals surface area contributed by atoms with Crippen molar-refractivity contribution in [2.45, 2.75) is 12.5 Å². The summed E-state index contributed by atoms with van der Waals surface area (Å²) in [5.41, 5.74) is 0.679. The van der Waals surface area contributed by atoms with E-state index in [4.69, 9.17) is 9.47 Å². The maximum atomic E-state index is 12.5. The summed E-state index contributed by atoms with van der Waals surface area (Å²) in [6, 6.07) is 10.8. The van der Waals surface area contributed by atoms with Crippen molar-refractivity contribution in [1.82, 2.24) is 15.1 Å². The molecular weight excluding hydrogens is 362 g/mol. The lowest BCUT2D eigenvalue weighted by atomic mass is 10.2. The molecule has 0 aliphatic carbocycles. The van der Waals surface area contributed by atoms with Gasteiger partial charge in [0.25, 0.3) is 5.91 Å². The molecule has 0 bridgehead atoms. The number of aromatic nitrogens is 2. The number of amides is 1. The second-order valence-electron chi connectivity index (χ2n) is 5.20. The molecular formula is C16H16BrN3O3. The Bertz CT molecular complexity index is 676. The van der Waals surface area contributed by atoms with E-state index >= 15 is 0 Å². The molecule has 0 N–H and O–H groups in total. The molecule has 3 rings (SSSR count). The van der Waals surface area contributed by atoms with Gasteiger partial charge >= 0.3 is 0 Å². The second kappa shape index (κ2) is 6.95. The Hall–Kier alpha value is -2.15. The van der Waals surface area contributed by atoms with E-state index in [1.807, 2.05) is 24.3 Å². The first-order valence-corrected chi connectivity index (χ1v) is 8.04. The van der Waals surface area contributed by atoms with Gasteiger partial charge in [-0.15, -0.1) is 10.2 Å². The molecule has 1 aliphatic heterocycles. The maximum Gasteiger partial charge on any atom is 0.253 e. The highest BCUT2D eigenvalue weighted by molar-refractivity contribution is 9.10. The predicted molar refractivity (Wildman–Crippen MR) is 87.7 cm³/mol. The molecule has 0 spiro atoms. The molecule has 0 radical (unpaired) electrons. The lowest BCUT2D eigenvalue weighted by molar-refractivity contribution is 0.0771. The molecule has 1 amide bonds. The number of rotatable bonds is 4. The van der Waals surface area contributed by atoms with Crippen LogP contribution in [-0.4, -0.2) is 47.3 Å². The molecule has 1 aliphatic rings. The molecule has 1 atom stereocenters. The Labute approximate surface area is 142 Å². The van der Waals surface area contributed by atoms with Crippen molar-refractivity contribution in [2.24, 2.45) is 0 Å². The molecule has 1 saturated heterocycles. The summed E-state index contributed by atoms with van der Waals surface area (Å²) in [7, 11) is 1.53. The molecule has 6 nitrogen and oxygen atoms in total. The summed E-state index contributed by atoms with van der Waals surface area (Å²) in [4.78, 5) is 14.2. The maximum absolute atomic E-state index is 12.5. The van der Waals surface area contributed by atoms with E-state index in [1.54, 1.807) is 17.0 Å². The number of hydrogen-bond donors (Lipinski definition) is 0. The Morgan fingerprint density at radius 2 is 1.87 bits per heavy atom. The molecule has 2 aromatic rings. The highest BCUT2D eigenvalue weighted by atomic mass is 79.9. The fourth-order valence-corrected chi connectivity index (χ4v) is 2.70. The third-order valence-electron chi connectivity index (χ3n) is 3.64. The highest BCUT2D eigenvalue weighted by Crippen LogP contribution is 2.20. The molecule has 2 heterocycles. The summed E-state index contributed by atoms with van der Waals surface area (Å²) in [6.07, 6.45) is 0.702. The third kappa shape index (κ3) is 3.79. The Kier molecular flexibility index (Phi) is 4.76. The zero-order valence-corrected chi connectivity index (χ0v) is 14.2. The molecule has 120 valence electrons. The molecule has 23 heavy (non-hydrogen) atoms. The molecule has 1 aromatic carbocycles. The quantitative estimate of drug-likeness (QED) is 0.818. The zero-order valence-electron chi connectivity index (χ0n) is 12.6. The van der Waals surface area contributed by atoms with Gasteiger partial charge in [0.05, 0.1) is 13.7 Å². The summed E-state index contributed by atoms with van der Waals surface area (Å²) >= 11 is 3.37. The lowest BCUT2D eigenvalue weighted by Crippen LogP contribution is -2.31. The van der Waals surface area contributed by atoms with Crippen molar-refractivity contribution >= 4 is 21.8 Å². The number of likely N-dealkylation sites (tertiary alicyclic amines) is 1. The average Bonchev–Trinajstić information content (AvgIpc) is 3.04. The van der Waals surface area contributed by atoms with Gasteiger partial charge in [-0.3, -0.25) is 4.79 Å². The first-order chi connectivity index (χ1) is 11.2. The highest BCUT2D eigenvalue weighted by Gasteiger charge is 2.28. The summed E-state index contributed by atoms with van der Waals surface area (Å²) in [5, 5.41) is 7.81. The van der Waals surface area contributed by atoms with E-state index in [2.05, 4.69) is 26.1 Å². The fourth-order valence-electron chi connectivity index (χ4n) is 2.43.